The summed E-state index contributed by atoms with van der Waals surface area (Å²) in [5.41, 5.74) is 0.813. The van der Waals surface area contributed by atoms with Crippen molar-refractivity contribution in [1.82, 2.24) is 9.80 Å². The highest BCUT2D eigenvalue weighted by Gasteiger charge is 2.29. The van der Waals surface area contributed by atoms with Gasteiger partial charge in [-0.05, 0) is 36.4 Å². The molecule has 9 heteroatoms. The Hall–Kier alpha value is -3.10. The van der Waals surface area contributed by atoms with Gasteiger partial charge in [-0.15, -0.1) is 0 Å². The first-order chi connectivity index (χ1) is 15.3. The van der Waals surface area contributed by atoms with Crippen LogP contribution in [0.3, 0.4) is 0 Å². The number of carbonyl (C=O) groups excluding carboxylic acids is 2. The maximum atomic E-state index is 13.0. The van der Waals surface area contributed by atoms with Gasteiger partial charge in [-0.1, -0.05) is 35.9 Å². The fourth-order valence-electron chi connectivity index (χ4n) is 3.61. The van der Waals surface area contributed by atoms with Crippen LogP contribution in [0.1, 0.15) is 26.5 Å². The average Bonchev–Trinajstić information content (AvgIpc) is 3.26. The van der Waals surface area contributed by atoms with Crippen LogP contribution >= 0.6 is 11.6 Å². The Morgan fingerprint density at radius 2 is 1.53 bits per heavy atom. The number of hydrogen-bond donors (Lipinski definition) is 0. The second-order valence-corrected chi connectivity index (χ2v) is 9.87. The van der Waals surface area contributed by atoms with Crippen LogP contribution in [0.2, 0.25) is 5.02 Å². The van der Waals surface area contributed by atoms with Crippen LogP contribution in [0, 0.1) is 0 Å². The highest BCUT2D eigenvalue weighted by atomic mass is 35.5. The first kappa shape index (κ1) is 22.1. The van der Waals surface area contributed by atoms with E-state index in [4.69, 9.17) is 16.0 Å². The molecule has 2 heterocycles. The lowest BCUT2D eigenvalue weighted by Crippen LogP contribution is -2.50. The second kappa shape index (κ2) is 9.18. The maximum absolute atomic E-state index is 13.0. The van der Waals surface area contributed by atoms with Crippen LogP contribution in [0.15, 0.2) is 76.2 Å². The normalized spacial score (nSPS) is 14.4. The summed E-state index contributed by atoms with van der Waals surface area (Å²) in [4.78, 5) is 29.1. The Balaban J connectivity index is 1.42. The molecule has 32 heavy (non-hydrogen) atoms. The highest BCUT2D eigenvalue weighted by molar-refractivity contribution is 7.90. The Labute approximate surface area is 191 Å². The molecule has 0 N–H and O–H groups in total. The van der Waals surface area contributed by atoms with E-state index in [1.807, 2.05) is 0 Å². The molecule has 1 aliphatic heterocycles. The third kappa shape index (κ3) is 4.71. The summed E-state index contributed by atoms with van der Waals surface area (Å²) in [6, 6.07) is 16.3. The van der Waals surface area contributed by atoms with Crippen LogP contribution in [0.4, 0.5) is 0 Å². The van der Waals surface area contributed by atoms with Gasteiger partial charge in [0.2, 0.25) is 0 Å². The van der Waals surface area contributed by atoms with Gasteiger partial charge in [-0.25, -0.2) is 8.42 Å². The van der Waals surface area contributed by atoms with Gasteiger partial charge in [-0.2, -0.15) is 0 Å². The molecule has 0 unspecified atom stereocenters. The lowest BCUT2D eigenvalue weighted by molar-refractivity contribution is 0.0517. The van der Waals surface area contributed by atoms with Gasteiger partial charge in [0, 0.05) is 42.3 Å². The van der Waals surface area contributed by atoms with Crippen LogP contribution < -0.4 is 0 Å². The highest BCUT2D eigenvalue weighted by Crippen LogP contribution is 2.22. The molecule has 0 bridgehead atoms. The number of halogens is 1. The molecule has 7 nitrogen and oxygen atoms in total. The number of carbonyl (C=O) groups is 2. The SMILES string of the molecule is O=C(c1cccc(Cl)c1)N1CCN(C(=O)c2occc2CS(=O)(=O)c2ccccc2)CC1. The van der Waals surface area contributed by atoms with Gasteiger partial charge >= 0.3 is 0 Å². The molecule has 3 aromatic rings. The quantitative estimate of drug-likeness (QED) is 0.567. The van der Waals surface area contributed by atoms with Gasteiger partial charge < -0.3 is 14.2 Å². The average molecular weight is 473 g/mol. The molecule has 1 aromatic heterocycles. The minimum absolute atomic E-state index is 0.0131. The predicted octanol–water partition coefficient (Wildman–Crippen LogP) is 3.51. The van der Waals surface area contributed by atoms with Gasteiger partial charge in [0.1, 0.15) is 0 Å². The van der Waals surface area contributed by atoms with Crippen LogP contribution in [-0.2, 0) is 15.6 Å². The number of furan rings is 1. The fraction of sp³-hybridized carbons (Fsp3) is 0.217. The van der Waals surface area contributed by atoms with Crippen molar-refractivity contribution in [2.24, 2.45) is 0 Å². The first-order valence-corrected chi connectivity index (χ1v) is 12.1. The number of piperazine rings is 1. The van der Waals surface area contributed by atoms with E-state index < -0.39 is 9.84 Å². The van der Waals surface area contributed by atoms with E-state index in [0.29, 0.717) is 42.3 Å². The molecule has 4 rings (SSSR count). The zero-order valence-corrected chi connectivity index (χ0v) is 18.7. The van der Waals surface area contributed by atoms with Crippen molar-refractivity contribution in [2.75, 3.05) is 26.2 Å². The van der Waals surface area contributed by atoms with Crippen molar-refractivity contribution in [3.8, 4) is 0 Å². The van der Waals surface area contributed by atoms with E-state index in [9.17, 15) is 18.0 Å². The molecule has 1 aliphatic rings. The van der Waals surface area contributed by atoms with Gasteiger partial charge in [-0.3, -0.25) is 9.59 Å². The van der Waals surface area contributed by atoms with Crippen molar-refractivity contribution in [3.63, 3.8) is 0 Å². The van der Waals surface area contributed by atoms with Crippen molar-refractivity contribution in [3.05, 3.63) is 88.8 Å². The Morgan fingerprint density at radius 3 is 2.19 bits per heavy atom. The molecule has 166 valence electrons. The molecule has 0 radical (unpaired) electrons. The summed E-state index contributed by atoms with van der Waals surface area (Å²) in [6.07, 6.45) is 1.32. The Morgan fingerprint density at radius 1 is 0.875 bits per heavy atom. The molecule has 1 saturated heterocycles. The summed E-state index contributed by atoms with van der Waals surface area (Å²) in [7, 11) is -3.62. The Bertz CT molecular complexity index is 1230. The number of amides is 2. The maximum Gasteiger partial charge on any atom is 0.289 e. The van der Waals surface area contributed by atoms with E-state index in [-0.39, 0.29) is 28.2 Å². The molecule has 0 aliphatic carbocycles. The number of sulfone groups is 1. The smallest absolute Gasteiger partial charge is 0.289 e. The largest absolute Gasteiger partial charge is 0.459 e. The topological polar surface area (TPSA) is 87.9 Å². The molecule has 2 aromatic carbocycles. The number of hydrogen-bond acceptors (Lipinski definition) is 5. The number of rotatable bonds is 5. The summed E-state index contributed by atoms with van der Waals surface area (Å²) < 4.78 is 30.8. The van der Waals surface area contributed by atoms with Crippen molar-refractivity contribution < 1.29 is 22.4 Å². The minimum atomic E-state index is -3.62. The van der Waals surface area contributed by atoms with E-state index in [0.717, 1.165) is 0 Å². The second-order valence-electron chi connectivity index (χ2n) is 7.44. The van der Waals surface area contributed by atoms with Gasteiger partial charge in [0.25, 0.3) is 11.8 Å². The zero-order valence-electron chi connectivity index (χ0n) is 17.1. The van der Waals surface area contributed by atoms with E-state index >= 15 is 0 Å². The standard InChI is InChI=1S/C23H21ClN2O5S/c24-19-6-4-5-17(15-19)22(27)25-10-12-26(13-11-25)23(28)21-18(9-14-31-21)16-32(29,30)20-7-2-1-3-8-20/h1-9,14-15H,10-13,16H2. The van der Waals surface area contributed by atoms with E-state index in [1.165, 1.54) is 24.5 Å². The molecular formula is C23H21ClN2O5S. The van der Waals surface area contributed by atoms with Crippen molar-refractivity contribution in [1.29, 1.82) is 0 Å². The molecular weight excluding hydrogens is 452 g/mol. The van der Waals surface area contributed by atoms with Crippen LogP contribution in [0.25, 0.3) is 0 Å². The monoisotopic (exact) mass is 472 g/mol. The summed E-state index contributed by atoms with van der Waals surface area (Å²) in [6.45, 7) is 1.35. The lowest BCUT2D eigenvalue weighted by Gasteiger charge is -2.34. The summed E-state index contributed by atoms with van der Waals surface area (Å²) >= 11 is 5.97. The third-order valence-electron chi connectivity index (χ3n) is 5.31. The molecule has 0 atom stereocenters. The fourth-order valence-corrected chi connectivity index (χ4v) is 5.18. The van der Waals surface area contributed by atoms with E-state index in [1.54, 1.807) is 52.3 Å². The number of benzene rings is 2. The van der Waals surface area contributed by atoms with Gasteiger partial charge in [0.05, 0.1) is 16.9 Å². The van der Waals surface area contributed by atoms with Crippen LogP contribution in [0.5, 0.6) is 0 Å². The molecule has 0 spiro atoms. The number of nitrogens with zero attached hydrogens (tertiary/aromatic N) is 2. The summed E-state index contributed by atoms with van der Waals surface area (Å²) in [5.74, 6) is -0.851. The van der Waals surface area contributed by atoms with E-state index in [2.05, 4.69) is 0 Å². The lowest BCUT2D eigenvalue weighted by atomic mass is 10.1. The van der Waals surface area contributed by atoms with Crippen LogP contribution in [-0.4, -0.2) is 56.2 Å². The van der Waals surface area contributed by atoms with Crippen molar-refractivity contribution >= 4 is 33.3 Å². The summed E-state index contributed by atoms with van der Waals surface area (Å²) in [5, 5.41) is 0.487. The zero-order chi connectivity index (χ0) is 22.7. The van der Waals surface area contributed by atoms with Crippen molar-refractivity contribution in [2.45, 2.75) is 10.6 Å². The third-order valence-corrected chi connectivity index (χ3v) is 7.23. The minimum Gasteiger partial charge on any atom is -0.459 e. The first-order valence-electron chi connectivity index (χ1n) is 10.0. The Kier molecular flexibility index (Phi) is 6.34. The molecule has 2 amide bonds. The molecule has 0 saturated carbocycles. The van der Waals surface area contributed by atoms with Gasteiger partial charge in [0.15, 0.2) is 15.6 Å². The predicted molar refractivity (Wildman–Crippen MR) is 119 cm³/mol. The molecule has 1 fully saturated rings.